The lowest BCUT2D eigenvalue weighted by Gasteiger charge is -1.93. The number of rotatable bonds is 2. The fourth-order valence-electron chi connectivity index (χ4n) is 2.21. The average molecular weight is 286 g/mol. The molecule has 1 aromatic carbocycles. The number of H-pyrrole nitrogens is 1. The highest BCUT2D eigenvalue weighted by Gasteiger charge is 2.03. The van der Waals surface area contributed by atoms with E-state index in [1.807, 2.05) is 5.38 Å². The van der Waals surface area contributed by atoms with Gasteiger partial charge in [0.05, 0.1) is 4.88 Å². The minimum atomic E-state index is -0.347. The van der Waals surface area contributed by atoms with E-state index in [0.29, 0.717) is 4.88 Å². The Hall–Kier alpha value is -2.07. The Labute approximate surface area is 122 Å². The Kier molecular flexibility index (Phi) is 4.58. The van der Waals surface area contributed by atoms with Crippen LogP contribution < -0.4 is 5.73 Å². The van der Waals surface area contributed by atoms with Gasteiger partial charge in [-0.2, -0.15) is 0 Å². The zero-order chi connectivity index (χ0) is 14.5. The molecule has 20 heavy (non-hydrogen) atoms. The van der Waals surface area contributed by atoms with Crippen LogP contribution in [-0.4, -0.2) is 10.9 Å². The molecule has 0 aliphatic rings. The lowest BCUT2D eigenvalue weighted by atomic mass is 10.1. The molecule has 0 aliphatic heterocycles. The van der Waals surface area contributed by atoms with Crippen molar-refractivity contribution in [2.24, 2.45) is 5.73 Å². The quantitative estimate of drug-likeness (QED) is 0.737. The summed E-state index contributed by atoms with van der Waals surface area (Å²) in [5, 5.41) is 3.19. The van der Waals surface area contributed by atoms with Crippen LogP contribution >= 0.6 is 11.3 Å². The molecule has 3 N–H and O–H groups in total. The van der Waals surface area contributed by atoms with Gasteiger partial charge in [-0.05, 0) is 36.4 Å². The number of para-hydroxylation sites is 1. The van der Waals surface area contributed by atoms with E-state index in [1.165, 1.54) is 33.5 Å². The number of aryl methyl sites for hydroxylation is 2. The second kappa shape index (κ2) is 6.39. The van der Waals surface area contributed by atoms with Crippen molar-refractivity contribution in [1.82, 2.24) is 4.98 Å². The summed E-state index contributed by atoms with van der Waals surface area (Å²) in [6.07, 6.45) is 1.11. The molecule has 3 nitrogen and oxygen atoms in total. The maximum atomic E-state index is 10.3. The number of aromatic amines is 1. The maximum Gasteiger partial charge on any atom is 0.258 e. The molecule has 0 saturated carbocycles. The first-order valence-corrected chi connectivity index (χ1v) is 7.41. The van der Waals surface area contributed by atoms with E-state index in [4.69, 9.17) is 5.73 Å². The van der Waals surface area contributed by atoms with E-state index in [-0.39, 0.29) is 5.91 Å². The van der Waals surface area contributed by atoms with E-state index < -0.39 is 0 Å². The number of benzene rings is 1. The van der Waals surface area contributed by atoms with Gasteiger partial charge in [-0.3, -0.25) is 4.79 Å². The predicted octanol–water partition coefficient (Wildman–Crippen LogP) is 3.89. The third-order valence-corrected chi connectivity index (χ3v) is 4.03. The van der Waals surface area contributed by atoms with E-state index in [1.54, 1.807) is 12.1 Å². The molecule has 0 spiro atoms. The zero-order valence-corrected chi connectivity index (χ0v) is 12.5. The highest BCUT2D eigenvalue weighted by atomic mass is 32.1. The number of primary amides is 1. The number of nitrogens with one attached hydrogen (secondary N) is 1. The van der Waals surface area contributed by atoms with Crippen LogP contribution in [0.1, 0.15) is 27.9 Å². The maximum absolute atomic E-state index is 10.3. The van der Waals surface area contributed by atoms with Crippen LogP contribution in [0.4, 0.5) is 0 Å². The summed E-state index contributed by atoms with van der Waals surface area (Å²) in [5.74, 6) is -0.347. The average Bonchev–Trinajstić information content (AvgIpc) is 3.05. The van der Waals surface area contributed by atoms with Crippen molar-refractivity contribution >= 4 is 28.1 Å². The van der Waals surface area contributed by atoms with Gasteiger partial charge in [0.25, 0.3) is 5.91 Å². The van der Waals surface area contributed by atoms with Crippen LogP contribution in [0.5, 0.6) is 0 Å². The largest absolute Gasteiger partial charge is 0.365 e. The molecule has 3 aromatic rings. The molecule has 4 heteroatoms. The van der Waals surface area contributed by atoms with Gasteiger partial charge in [0, 0.05) is 16.6 Å². The standard InChI is InChI=1S/C11H13N.C5H5NOS/c1-3-9-8(2)12-11-7-5-4-6-10(9)11;6-5(7)4-2-1-3-8-4/h4-7,12H,3H2,1-2H3;1-3H,(H2,6,7). The van der Waals surface area contributed by atoms with Gasteiger partial charge >= 0.3 is 0 Å². The fraction of sp³-hybridized carbons (Fsp3) is 0.188. The van der Waals surface area contributed by atoms with Gasteiger partial charge in [-0.25, -0.2) is 0 Å². The molecule has 3 rings (SSSR count). The van der Waals surface area contributed by atoms with Crippen LogP contribution in [0.25, 0.3) is 10.9 Å². The third-order valence-electron chi connectivity index (χ3n) is 3.14. The molecular weight excluding hydrogens is 268 g/mol. The number of fused-ring (bicyclic) bond motifs is 1. The molecule has 0 radical (unpaired) electrons. The molecule has 2 aromatic heterocycles. The van der Waals surface area contributed by atoms with Crippen LogP contribution in [0.3, 0.4) is 0 Å². The Balaban J connectivity index is 0.000000160. The molecule has 1 amide bonds. The highest BCUT2D eigenvalue weighted by molar-refractivity contribution is 7.12. The van der Waals surface area contributed by atoms with Crippen molar-refractivity contribution in [3.05, 3.63) is 57.9 Å². The first-order chi connectivity index (χ1) is 9.63. The summed E-state index contributed by atoms with van der Waals surface area (Å²) in [6.45, 7) is 4.33. The fourth-order valence-corrected chi connectivity index (χ4v) is 2.79. The molecule has 0 atom stereocenters. The summed E-state index contributed by atoms with van der Waals surface area (Å²) < 4.78 is 0. The number of aromatic nitrogens is 1. The van der Waals surface area contributed by atoms with Gasteiger partial charge in [0.15, 0.2) is 0 Å². The number of hydrogen-bond acceptors (Lipinski definition) is 2. The molecule has 2 heterocycles. The number of carbonyl (C=O) groups excluding carboxylic acids is 1. The lowest BCUT2D eigenvalue weighted by molar-refractivity contribution is 0.100. The van der Waals surface area contributed by atoms with Gasteiger partial charge in [-0.1, -0.05) is 31.2 Å². The monoisotopic (exact) mass is 286 g/mol. The minimum Gasteiger partial charge on any atom is -0.365 e. The van der Waals surface area contributed by atoms with Crippen molar-refractivity contribution in [2.45, 2.75) is 20.3 Å². The Bertz CT molecular complexity index is 698. The normalized spacial score (nSPS) is 10.1. The van der Waals surface area contributed by atoms with Gasteiger partial charge in [0.2, 0.25) is 0 Å². The molecule has 104 valence electrons. The summed E-state index contributed by atoms with van der Waals surface area (Å²) in [7, 11) is 0. The molecule has 0 aliphatic carbocycles. The van der Waals surface area contributed by atoms with Gasteiger partial charge in [-0.15, -0.1) is 11.3 Å². The Morgan fingerprint density at radius 2 is 2.00 bits per heavy atom. The topological polar surface area (TPSA) is 58.9 Å². The number of thiophene rings is 1. The first kappa shape index (κ1) is 14.3. The SMILES string of the molecule is CCc1c(C)[nH]c2ccccc12.NC(=O)c1cccs1. The number of amides is 1. The second-order valence-electron chi connectivity index (χ2n) is 4.47. The molecular formula is C16H18N2OS. The molecule has 0 unspecified atom stereocenters. The van der Waals surface area contributed by atoms with Crippen molar-refractivity contribution in [3.8, 4) is 0 Å². The number of nitrogens with two attached hydrogens (primary N) is 1. The number of carbonyl (C=O) groups is 1. The first-order valence-electron chi connectivity index (χ1n) is 6.53. The minimum absolute atomic E-state index is 0.347. The van der Waals surface area contributed by atoms with E-state index in [0.717, 1.165) is 6.42 Å². The highest BCUT2D eigenvalue weighted by Crippen LogP contribution is 2.21. The van der Waals surface area contributed by atoms with Crippen LogP contribution in [0.2, 0.25) is 0 Å². The van der Waals surface area contributed by atoms with Crippen LogP contribution in [0.15, 0.2) is 41.8 Å². The van der Waals surface area contributed by atoms with Crippen molar-refractivity contribution < 1.29 is 4.79 Å². The van der Waals surface area contributed by atoms with Gasteiger partial charge < -0.3 is 10.7 Å². The Morgan fingerprint density at radius 3 is 2.55 bits per heavy atom. The smallest absolute Gasteiger partial charge is 0.258 e. The van der Waals surface area contributed by atoms with Crippen molar-refractivity contribution in [1.29, 1.82) is 0 Å². The van der Waals surface area contributed by atoms with E-state index in [2.05, 4.69) is 43.1 Å². The molecule has 0 bridgehead atoms. The van der Waals surface area contributed by atoms with Crippen LogP contribution in [-0.2, 0) is 6.42 Å². The zero-order valence-electron chi connectivity index (χ0n) is 11.6. The summed E-state index contributed by atoms with van der Waals surface area (Å²) in [4.78, 5) is 14.3. The van der Waals surface area contributed by atoms with Crippen molar-refractivity contribution in [2.75, 3.05) is 0 Å². The second-order valence-corrected chi connectivity index (χ2v) is 5.42. The van der Waals surface area contributed by atoms with E-state index >= 15 is 0 Å². The Morgan fingerprint density at radius 1 is 1.25 bits per heavy atom. The van der Waals surface area contributed by atoms with Crippen LogP contribution in [0, 0.1) is 6.92 Å². The summed E-state index contributed by atoms with van der Waals surface area (Å²) >= 11 is 1.36. The predicted molar refractivity (Wildman–Crippen MR) is 85.3 cm³/mol. The van der Waals surface area contributed by atoms with E-state index in [9.17, 15) is 4.79 Å². The lowest BCUT2D eigenvalue weighted by Crippen LogP contribution is -2.07. The number of hydrogen-bond donors (Lipinski definition) is 2. The summed E-state index contributed by atoms with van der Waals surface area (Å²) in [6, 6.07) is 12.0. The molecule has 0 saturated heterocycles. The summed E-state index contributed by atoms with van der Waals surface area (Å²) in [5.41, 5.74) is 8.94. The van der Waals surface area contributed by atoms with Gasteiger partial charge in [0.1, 0.15) is 0 Å². The van der Waals surface area contributed by atoms with Crippen molar-refractivity contribution in [3.63, 3.8) is 0 Å². The molecule has 0 fully saturated rings. The third kappa shape index (κ3) is 3.08.